The van der Waals surface area contributed by atoms with E-state index in [1.807, 2.05) is 44.2 Å². The highest BCUT2D eigenvalue weighted by molar-refractivity contribution is 5.95. The molecule has 0 aliphatic heterocycles. The molecule has 0 bridgehead atoms. The van der Waals surface area contributed by atoms with Crippen molar-refractivity contribution in [3.05, 3.63) is 35.9 Å². The quantitative estimate of drug-likeness (QED) is 0.200. The molecule has 0 aromatic heterocycles. The van der Waals surface area contributed by atoms with E-state index in [1.165, 1.54) is 0 Å². The molecular formula is C25H38N4O7. The summed E-state index contributed by atoms with van der Waals surface area (Å²) in [5.41, 5.74) is 6.87. The van der Waals surface area contributed by atoms with Gasteiger partial charge in [0.2, 0.25) is 17.7 Å². The van der Waals surface area contributed by atoms with Crippen molar-refractivity contribution in [3.63, 3.8) is 0 Å². The van der Waals surface area contributed by atoms with E-state index in [-0.39, 0.29) is 18.8 Å². The molecule has 0 fully saturated rings. The predicted octanol–water partition coefficient (Wildman–Crippen LogP) is 0.662. The zero-order chi connectivity index (χ0) is 27.4. The second-order valence-corrected chi connectivity index (χ2v) is 9.36. The van der Waals surface area contributed by atoms with Gasteiger partial charge < -0.3 is 31.9 Å². The summed E-state index contributed by atoms with van der Waals surface area (Å²) in [6, 6.07) is 4.33. The minimum atomic E-state index is -1.54. The Morgan fingerprint density at radius 1 is 0.861 bits per heavy atom. The van der Waals surface area contributed by atoms with Crippen molar-refractivity contribution < 1.29 is 34.2 Å². The van der Waals surface area contributed by atoms with Gasteiger partial charge in [-0.25, -0.2) is 4.79 Å². The van der Waals surface area contributed by atoms with E-state index in [4.69, 9.17) is 5.73 Å². The lowest BCUT2D eigenvalue weighted by molar-refractivity contribution is -0.144. The molecule has 11 nitrogen and oxygen atoms in total. The molecule has 0 saturated carbocycles. The Hall–Kier alpha value is -3.47. The summed E-state index contributed by atoms with van der Waals surface area (Å²) < 4.78 is 0. The molecule has 0 aliphatic carbocycles. The Morgan fingerprint density at radius 3 is 1.92 bits per heavy atom. The molecule has 1 aromatic rings. The smallest absolute Gasteiger partial charge is 0.326 e. The van der Waals surface area contributed by atoms with E-state index >= 15 is 0 Å². The van der Waals surface area contributed by atoms with E-state index in [0.717, 1.165) is 5.56 Å². The molecule has 0 aliphatic rings. The van der Waals surface area contributed by atoms with E-state index in [9.17, 15) is 34.2 Å². The maximum atomic E-state index is 13.0. The molecule has 7 N–H and O–H groups in total. The van der Waals surface area contributed by atoms with E-state index < -0.39 is 66.2 Å². The van der Waals surface area contributed by atoms with Crippen LogP contribution in [0.3, 0.4) is 0 Å². The monoisotopic (exact) mass is 506 g/mol. The van der Waals surface area contributed by atoms with Gasteiger partial charge in [-0.15, -0.1) is 0 Å². The summed E-state index contributed by atoms with van der Waals surface area (Å²) in [6.45, 7) is 7.06. The molecule has 0 unspecified atom stereocenters. The molecule has 0 radical (unpaired) electrons. The maximum Gasteiger partial charge on any atom is 0.326 e. The van der Waals surface area contributed by atoms with Crippen LogP contribution in [0.1, 0.15) is 52.5 Å². The van der Waals surface area contributed by atoms with Crippen LogP contribution in [0.4, 0.5) is 0 Å². The number of carbonyl (C=O) groups excluding carboxylic acids is 3. The van der Waals surface area contributed by atoms with Gasteiger partial charge in [-0.2, -0.15) is 0 Å². The Morgan fingerprint density at radius 2 is 1.42 bits per heavy atom. The zero-order valence-electron chi connectivity index (χ0n) is 21.2. The van der Waals surface area contributed by atoms with Gasteiger partial charge in [0.1, 0.15) is 18.1 Å². The normalized spacial score (nSPS) is 15.2. The van der Waals surface area contributed by atoms with Crippen LogP contribution in [0.5, 0.6) is 0 Å². The summed E-state index contributed by atoms with van der Waals surface area (Å²) in [6.07, 6.45) is 0.153. The van der Waals surface area contributed by atoms with Crippen LogP contribution in [-0.2, 0) is 30.4 Å². The topological polar surface area (TPSA) is 188 Å². The molecule has 0 spiro atoms. The zero-order valence-corrected chi connectivity index (χ0v) is 21.2. The average Bonchev–Trinajstić information content (AvgIpc) is 2.80. The second kappa shape index (κ2) is 14.8. The minimum absolute atomic E-state index is 0.0278. The summed E-state index contributed by atoms with van der Waals surface area (Å²) in [7, 11) is 0. The van der Waals surface area contributed by atoms with Crippen molar-refractivity contribution in [2.24, 2.45) is 17.6 Å². The lowest BCUT2D eigenvalue weighted by Crippen LogP contribution is -2.58. The fourth-order valence-corrected chi connectivity index (χ4v) is 3.54. The van der Waals surface area contributed by atoms with E-state index in [0.29, 0.717) is 6.42 Å². The standard InChI is InChI=1S/C25H38N4O7/c1-5-15(4)21(25(35)36)29-24(34)19(13-20(30)31)28-23(33)18(11-14(2)3)27-22(32)17(26)12-16-9-7-6-8-10-16/h6-10,14-15,17-19,21H,5,11-13,26H2,1-4H3,(H,27,32)(H,28,33)(H,29,34)(H,30,31)(H,35,36)/t15-,17-,18-,19-,21-/m0/s1. The predicted molar refractivity (Wildman–Crippen MR) is 133 cm³/mol. The molecule has 5 atom stereocenters. The number of aliphatic carboxylic acids is 2. The number of amides is 3. The van der Waals surface area contributed by atoms with Crippen LogP contribution < -0.4 is 21.7 Å². The highest BCUT2D eigenvalue weighted by atomic mass is 16.4. The number of nitrogens with one attached hydrogen (secondary N) is 3. The van der Waals surface area contributed by atoms with Crippen molar-refractivity contribution in [2.75, 3.05) is 0 Å². The van der Waals surface area contributed by atoms with Crippen molar-refractivity contribution >= 4 is 29.7 Å². The molecule has 0 saturated heterocycles. The van der Waals surface area contributed by atoms with Gasteiger partial charge in [0.05, 0.1) is 12.5 Å². The van der Waals surface area contributed by atoms with Gasteiger partial charge in [-0.05, 0) is 30.2 Å². The third-order valence-electron chi connectivity index (χ3n) is 5.76. The number of benzene rings is 1. The van der Waals surface area contributed by atoms with Crippen LogP contribution >= 0.6 is 0 Å². The number of rotatable bonds is 15. The lowest BCUT2D eigenvalue weighted by atomic mass is 9.98. The lowest BCUT2D eigenvalue weighted by Gasteiger charge is -2.26. The number of hydrogen-bond acceptors (Lipinski definition) is 6. The fourth-order valence-electron chi connectivity index (χ4n) is 3.54. The second-order valence-electron chi connectivity index (χ2n) is 9.36. The molecule has 1 rings (SSSR count). The van der Waals surface area contributed by atoms with Crippen molar-refractivity contribution in [1.29, 1.82) is 0 Å². The first kappa shape index (κ1) is 30.6. The molecular weight excluding hydrogens is 468 g/mol. The Bertz CT molecular complexity index is 907. The summed E-state index contributed by atoms with van der Waals surface area (Å²) in [4.78, 5) is 61.5. The summed E-state index contributed by atoms with van der Waals surface area (Å²) >= 11 is 0. The van der Waals surface area contributed by atoms with Gasteiger partial charge in [0, 0.05) is 0 Å². The fraction of sp³-hybridized carbons (Fsp3) is 0.560. The number of carboxylic acid groups (broad SMARTS) is 2. The SMILES string of the molecule is CC[C@H](C)[C@H](NC(=O)[C@H](CC(=O)O)NC(=O)[C@H](CC(C)C)NC(=O)[C@@H](N)Cc1ccccc1)C(=O)O. The van der Waals surface area contributed by atoms with E-state index in [2.05, 4.69) is 16.0 Å². The number of hydrogen-bond donors (Lipinski definition) is 6. The molecule has 11 heteroatoms. The first-order chi connectivity index (χ1) is 16.8. The number of carboxylic acids is 2. The van der Waals surface area contributed by atoms with Gasteiger partial charge in [-0.1, -0.05) is 64.4 Å². The van der Waals surface area contributed by atoms with Crippen LogP contribution in [0.25, 0.3) is 0 Å². The highest BCUT2D eigenvalue weighted by Crippen LogP contribution is 2.10. The Kier molecular flexibility index (Phi) is 12.6. The van der Waals surface area contributed by atoms with Gasteiger partial charge in [-0.3, -0.25) is 19.2 Å². The van der Waals surface area contributed by atoms with Crippen LogP contribution in [-0.4, -0.2) is 64.0 Å². The van der Waals surface area contributed by atoms with Gasteiger partial charge >= 0.3 is 11.9 Å². The number of nitrogens with two attached hydrogens (primary N) is 1. The van der Waals surface area contributed by atoms with Gasteiger partial charge in [0.15, 0.2) is 0 Å². The Labute approximate surface area is 211 Å². The Balaban J connectivity index is 2.99. The van der Waals surface area contributed by atoms with Crippen LogP contribution in [0.2, 0.25) is 0 Å². The average molecular weight is 507 g/mol. The highest BCUT2D eigenvalue weighted by Gasteiger charge is 2.33. The molecule has 1 aromatic carbocycles. The van der Waals surface area contributed by atoms with Crippen molar-refractivity contribution in [1.82, 2.24) is 16.0 Å². The molecule has 0 heterocycles. The van der Waals surface area contributed by atoms with Crippen molar-refractivity contribution in [2.45, 2.75) is 77.5 Å². The first-order valence-corrected chi connectivity index (χ1v) is 12.0. The van der Waals surface area contributed by atoms with Gasteiger partial charge in [0.25, 0.3) is 0 Å². The van der Waals surface area contributed by atoms with Crippen LogP contribution in [0.15, 0.2) is 30.3 Å². The van der Waals surface area contributed by atoms with Crippen LogP contribution in [0, 0.1) is 11.8 Å². The van der Waals surface area contributed by atoms with E-state index in [1.54, 1.807) is 13.8 Å². The minimum Gasteiger partial charge on any atom is -0.481 e. The van der Waals surface area contributed by atoms with Crippen molar-refractivity contribution in [3.8, 4) is 0 Å². The summed E-state index contributed by atoms with van der Waals surface area (Å²) in [5.74, 6) is -5.35. The first-order valence-electron chi connectivity index (χ1n) is 12.0. The molecule has 200 valence electrons. The third kappa shape index (κ3) is 10.4. The molecule has 3 amide bonds. The third-order valence-corrected chi connectivity index (χ3v) is 5.76. The number of carbonyl (C=O) groups is 5. The largest absolute Gasteiger partial charge is 0.481 e. The maximum absolute atomic E-state index is 13.0. The summed E-state index contributed by atoms with van der Waals surface area (Å²) in [5, 5.41) is 26.0. The molecule has 36 heavy (non-hydrogen) atoms.